The van der Waals surface area contributed by atoms with Gasteiger partial charge in [0.15, 0.2) is 0 Å². The molecule has 1 fully saturated rings. The first-order valence-electron chi connectivity index (χ1n) is 8.16. The molecule has 0 spiro atoms. The minimum atomic E-state index is -4.33. The van der Waals surface area contributed by atoms with Crippen molar-refractivity contribution in [2.45, 2.75) is 70.1 Å². The molecule has 0 radical (unpaired) electrons. The Kier molecular flexibility index (Phi) is 5.37. The van der Waals surface area contributed by atoms with Gasteiger partial charge in [0.25, 0.3) is 0 Å². The molecule has 1 unspecified atom stereocenters. The molecule has 0 N–H and O–H groups in total. The zero-order chi connectivity index (χ0) is 17.1. The molecule has 1 aliphatic rings. The molecule has 5 heteroatoms. The van der Waals surface area contributed by atoms with Gasteiger partial charge in [0, 0.05) is 0 Å². The second-order valence-corrected chi connectivity index (χ2v) is 6.43. The summed E-state index contributed by atoms with van der Waals surface area (Å²) in [7, 11) is 0. The molecule has 1 atom stereocenters. The molecule has 0 aromatic heterocycles. The first-order valence-corrected chi connectivity index (χ1v) is 8.16. The fraction of sp³-hybridized carbons (Fsp3) is 0.611. The number of halogens is 3. The van der Waals surface area contributed by atoms with E-state index in [2.05, 4.69) is 0 Å². The Labute approximate surface area is 135 Å². The van der Waals surface area contributed by atoms with Crippen molar-refractivity contribution in [3.8, 4) is 0 Å². The molecule has 2 nitrogen and oxygen atoms in total. The summed E-state index contributed by atoms with van der Waals surface area (Å²) in [4.78, 5) is 12.1. The molecule has 128 valence electrons. The van der Waals surface area contributed by atoms with Crippen LogP contribution in [0, 0.1) is 0 Å². The molecule has 0 bridgehead atoms. The Balaban J connectivity index is 2.10. The number of benzene rings is 1. The molecular formula is C18H23F3O2. The van der Waals surface area contributed by atoms with Crippen molar-refractivity contribution in [3.63, 3.8) is 0 Å². The van der Waals surface area contributed by atoms with Crippen LogP contribution in [0.1, 0.15) is 68.3 Å². The summed E-state index contributed by atoms with van der Waals surface area (Å²) in [6.45, 7) is 2.70. The van der Waals surface area contributed by atoms with E-state index in [-0.39, 0.29) is 18.1 Å². The zero-order valence-corrected chi connectivity index (χ0v) is 13.6. The normalized spacial score (nSPS) is 19.2. The zero-order valence-electron chi connectivity index (χ0n) is 13.6. The van der Waals surface area contributed by atoms with Gasteiger partial charge in [-0.15, -0.1) is 0 Å². The van der Waals surface area contributed by atoms with Gasteiger partial charge in [0.1, 0.15) is 6.10 Å². The number of esters is 1. The minimum absolute atomic E-state index is 0.0532. The fourth-order valence-corrected chi connectivity index (χ4v) is 2.94. The summed E-state index contributed by atoms with van der Waals surface area (Å²) in [5.74, 6) is -0.450. The van der Waals surface area contributed by atoms with Crippen LogP contribution < -0.4 is 0 Å². The standard InChI is InChI=1S/C18H23F3O2/c1-3-17(2,18(19,20)21)14-11-9-13(10-12-14)16(22)23-15-7-5-4-6-8-15/h9-12,15H,3-8H2,1-2H3. The third-order valence-corrected chi connectivity index (χ3v) is 4.92. The average molecular weight is 328 g/mol. The van der Waals surface area contributed by atoms with Gasteiger partial charge in [-0.25, -0.2) is 4.79 Å². The Morgan fingerprint density at radius 2 is 1.70 bits per heavy atom. The van der Waals surface area contributed by atoms with E-state index in [0.29, 0.717) is 5.56 Å². The van der Waals surface area contributed by atoms with Crippen LogP contribution in [0.3, 0.4) is 0 Å². The highest BCUT2D eigenvalue weighted by Crippen LogP contribution is 2.43. The maximum Gasteiger partial charge on any atom is 0.398 e. The van der Waals surface area contributed by atoms with Gasteiger partial charge in [0.05, 0.1) is 11.0 Å². The number of carbonyl (C=O) groups excluding carboxylic acids is 1. The van der Waals surface area contributed by atoms with Crippen molar-refractivity contribution in [2.75, 3.05) is 0 Å². The molecule has 0 aliphatic heterocycles. The topological polar surface area (TPSA) is 26.3 Å². The lowest BCUT2D eigenvalue weighted by atomic mass is 9.79. The van der Waals surface area contributed by atoms with E-state index in [1.165, 1.54) is 38.1 Å². The second kappa shape index (κ2) is 6.93. The maximum atomic E-state index is 13.3. The third-order valence-electron chi connectivity index (χ3n) is 4.92. The number of alkyl halides is 3. The van der Waals surface area contributed by atoms with Crippen molar-refractivity contribution < 1.29 is 22.7 Å². The summed E-state index contributed by atoms with van der Waals surface area (Å²) >= 11 is 0. The van der Waals surface area contributed by atoms with Gasteiger partial charge in [0.2, 0.25) is 0 Å². The highest BCUT2D eigenvalue weighted by atomic mass is 19.4. The molecule has 0 saturated heterocycles. The quantitative estimate of drug-likeness (QED) is 0.691. The van der Waals surface area contributed by atoms with E-state index in [1.54, 1.807) is 0 Å². The van der Waals surface area contributed by atoms with Crippen LogP contribution in [0.15, 0.2) is 24.3 Å². The van der Waals surface area contributed by atoms with Crippen LogP contribution in [-0.4, -0.2) is 18.2 Å². The van der Waals surface area contributed by atoms with Crippen LogP contribution in [0.2, 0.25) is 0 Å². The van der Waals surface area contributed by atoms with Crippen molar-refractivity contribution in [2.24, 2.45) is 0 Å². The molecule has 0 heterocycles. The summed E-state index contributed by atoms with van der Waals surface area (Å²) < 4.78 is 45.2. The highest BCUT2D eigenvalue weighted by molar-refractivity contribution is 5.89. The van der Waals surface area contributed by atoms with E-state index in [1.807, 2.05) is 0 Å². The predicted molar refractivity (Wildman–Crippen MR) is 82.4 cm³/mol. The summed E-state index contributed by atoms with van der Waals surface area (Å²) in [6, 6.07) is 5.63. The van der Waals surface area contributed by atoms with Crippen LogP contribution in [0.4, 0.5) is 13.2 Å². The molecular weight excluding hydrogens is 305 g/mol. The largest absolute Gasteiger partial charge is 0.459 e. The highest BCUT2D eigenvalue weighted by Gasteiger charge is 2.50. The monoisotopic (exact) mass is 328 g/mol. The lowest BCUT2D eigenvalue weighted by molar-refractivity contribution is -0.186. The van der Waals surface area contributed by atoms with E-state index >= 15 is 0 Å². The number of carbonyl (C=O) groups is 1. The van der Waals surface area contributed by atoms with Gasteiger partial charge in [-0.1, -0.05) is 25.5 Å². The smallest absolute Gasteiger partial charge is 0.398 e. The summed E-state index contributed by atoms with van der Waals surface area (Å²) in [5.41, 5.74) is -1.43. The van der Waals surface area contributed by atoms with Crippen LogP contribution in [0.25, 0.3) is 0 Å². The van der Waals surface area contributed by atoms with Gasteiger partial charge >= 0.3 is 12.1 Å². The van der Waals surface area contributed by atoms with Gasteiger partial charge in [-0.3, -0.25) is 0 Å². The number of ether oxygens (including phenoxy) is 1. The molecule has 1 saturated carbocycles. The first kappa shape index (κ1) is 17.8. The average Bonchev–Trinajstić information content (AvgIpc) is 2.54. The second-order valence-electron chi connectivity index (χ2n) is 6.43. The van der Waals surface area contributed by atoms with Crippen molar-refractivity contribution in [1.29, 1.82) is 0 Å². The minimum Gasteiger partial charge on any atom is -0.459 e. The molecule has 2 rings (SSSR count). The van der Waals surface area contributed by atoms with E-state index in [4.69, 9.17) is 4.74 Å². The van der Waals surface area contributed by atoms with E-state index in [0.717, 1.165) is 32.1 Å². The van der Waals surface area contributed by atoms with Gasteiger partial charge in [-0.05, 0) is 56.7 Å². The molecule has 1 aromatic rings. The maximum absolute atomic E-state index is 13.3. The van der Waals surface area contributed by atoms with Crippen molar-refractivity contribution in [3.05, 3.63) is 35.4 Å². The van der Waals surface area contributed by atoms with Gasteiger partial charge < -0.3 is 4.74 Å². The fourth-order valence-electron chi connectivity index (χ4n) is 2.94. The number of hydrogen-bond donors (Lipinski definition) is 0. The molecule has 1 aromatic carbocycles. The molecule has 0 amide bonds. The van der Waals surface area contributed by atoms with E-state index < -0.39 is 17.6 Å². The Morgan fingerprint density at radius 3 is 2.17 bits per heavy atom. The van der Waals surface area contributed by atoms with Crippen LogP contribution in [0.5, 0.6) is 0 Å². The van der Waals surface area contributed by atoms with E-state index in [9.17, 15) is 18.0 Å². The summed E-state index contributed by atoms with van der Waals surface area (Å²) in [5, 5.41) is 0. The molecule has 23 heavy (non-hydrogen) atoms. The Bertz CT molecular complexity index is 530. The molecule has 1 aliphatic carbocycles. The Hall–Kier alpha value is -1.52. The van der Waals surface area contributed by atoms with Crippen molar-refractivity contribution in [1.82, 2.24) is 0 Å². The van der Waals surface area contributed by atoms with Gasteiger partial charge in [-0.2, -0.15) is 13.2 Å². The van der Waals surface area contributed by atoms with Crippen molar-refractivity contribution >= 4 is 5.97 Å². The first-order chi connectivity index (χ1) is 10.8. The predicted octanol–water partition coefficient (Wildman–Crippen LogP) is 5.41. The lowest BCUT2D eigenvalue weighted by Crippen LogP contribution is -2.38. The number of rotatable bonds is 4. The lowest BCUT2D eigenvalue weighted by Gasteiger charge is -2.31. The summed E-state index contributed by atoms with van der Waals surface area (Å²) in [6.07, 6.45) is 0.558. The third kappa shape index (κ3) is 3.88. The van der Waals surface area contributed by atoms with Crippen LogP contribution in [-0.2, 0) is 10.2 Å². The van der Waals surface area contributed by atoms with Crippen LogP contribution >= 0.6 is 0 Å². The Morgan fingerprint density at radius 1 is 1.13 bits per heavy atom. The number of hydrogen-bond acceptors (Lipinski definition) is 2. The SMILES string of the molecule is CCC(C)(c1ccc(C(=O)OC2CCCCC2)cc1)C(F)(F)F.